The van der Waals surface area contributed by atoms with Crippen LogP contribution in [0.3, 0.4) is 0 Å². The van der Waals surface area contributed by atoms with E-state index in [2.05, 4.69) is 14.8 Å². The van der Waals surface area contributed by atoms with Crippen LogP contribution in [0, 0.1) is 0 Å². The van der Waals surface area contributed by atoms with Crippen LogP contribution in [-0.2, 0) is 24.8 Å². The van der Waals surface area contributed by atoms with Crippen molar-refractivity contribution in [2.24, 2.45) is 0 Å². The number of sulfonamides is 2. The number of aliphatic hydroxyl groups is 1. The highest BCUT2D eigenvalue weighted by molar-refractivity contribution is 7.89. The van der Waals surface area contributed by atoms with E-state index < -0.39 is 43.9 Å². The van der Waals surface area contributed by atoms with Crippen LogP contribution < -0.4 is 19.5 Å². The van der Waals surface area contributed by atoms with Crippen LogP contribution in [0.15, 0.2) is 58.3 Å². The molecule has 2 aliphatic heterocycles. The van der Waals surface area contributed by atoms with Gasteiger partial charge in [0.15, 0.2) is 0 Å². The first-order valence-corrected chi connectivity index (χ1v) is 15.7. The molecule has 0 aliphatic carbocycles. The molecule has 16 heteroatoms. The van der Waals surface area contributed by atoms with E-state index in [-0.39, 0.29) is 42.1 Å². The van der Waals surface area contributed by atoms with Crippen molar-refractivity contribution in [3.05, 3.63) is 48.5 Å². The predicted molar refractivity (Wildman–Crippen MR) is 140 cm³/mol. The van der Waals surface area contributed by atoms with Crippen LogP contribution in [-0.4, -0.2) is 90.3 Å². The maximum atomic E-state index is 13.0. The lowest BCUT2D eigenvalue weighted by molar-refractivity contribution is -0.274. The molecule has 11 nitrogen and oxygen atoms in total. The number of hydrogen-bond donors (Lipinski definition) is 3. The second-order valence-corrected chi connectivity index (χ2v) is 13.7. The van der Waals surface area contributed by atoms with E-state index in [1.165, 1.54) is 23.5 Å². The van der Waals surface area contributed by atoms with Crippen molar-refractivity contribution in [1.29, 1.82) is 0 Å². The van der Waals surface area contributed by atoms with Crippen LogP contribution in [0.5, 0.6) is 11.5 Å². The lowest BCUT2D eigenvalue weighted by Gasteiger charge is -2.38. The standard InChI is InChI=1S/C25H32F3N3O8S2/c1-29-40(33,34)23-4-2-3-21(13-23)37-17-19(32)15-30-18-14-24(38-16-18)9-11-31(12-10-24)41(35,36)22-7-5-20(6-8-22)39-25(26,27)28/h2-8,13,18-19,29-30,32H,9-12,14-17H2,1H3/t18?,19-/m0/s1. The largest absolute Gasteiger partial charge is 0.573 e. The predicted octanol–water partition coefficient (Wildman–Crippen LogP) is 1.83. The Kier molecular flexibility index (Phi) is 9.52. The van der Waals surface area contributed by atoms with E-state index in [0.717, 1.165) is 24.3 Å². The molecule has 228 valence electrons. The van der Waals surface area contributed by atoms with Gasteiger partial charge in [-0.05, 0) is 62.7 Å². The number of aliphatic hydroxyl groups excluding tert-OH is 1. The van der Waals surface area contributed by atoms with E-state index in [4.69, 9.17) is 9.47 Å². The first-order chi connectivity index (χ1) is 19.2. The van der Waals surface area contributed by atoms with Crippen molar-refractivity contribution in [1.82, 2.24) is 14.3 Å². The summed E-state index contributed by atoms with van der Waals surface area (Å²) < 4.78 is 106. The molecule has 1 unspecified atom stereocenters. The molecule has 2 aliphatic rings. The lowest BCUT2D eigenvalue weighted by atomic mass is 9.88. The van der Waals surface area contributed by atoms with E-state index >= 15 is 0 Å². The fourth-order valence-corrected chi connectivity index (χ4v) is 7.03. The minimum atomic E-state index is -4.87. The molecule has 2 aromatic carbocycles. The van der Waals surface area contributed by atoms with Crippen molar-refractivity contribution >= 4 is 20.0 Å². The maximum absolute atomic E-state index is 13.0. The molecular formula is C25H32F3N3O8S2. The fraction of sp³-hybridized carbons (Fsp3) is 0.520. The van der Waals surface area contributed by atoms with Gasteiger partial charge in [-0.25, -0.2) is 21.6 Å². The van der Waals surface area contributed by atoms with Gasteiger partial charge in [-0.15, -0.1) is 13.2 Å². The Hall–Kier alpha value is -2.47. The molecule has 1 spiro atoms. The smallest absolute Gasteiger partial charge is 0.491 e. The Morgan fingerprint density at radius 1 is 1.07 bits per heavy atom. The van der Waals surface area contributed by atoms with Crippen molar-refractivity contribution < 1.29 is 49.3 Å². The van der Waals surface area contributed by atoms with Gasteiger partial charge in [0.1, 0.15) is 24.2 Å². The van der Waals surface area contributed by atoms with Gasteiger partial charge in [0.05, 0.1) is 22.0 Å². The lowest BCUT2D eigenvalue weighted by Crippen LogP contribution is -2.47. The third-order valence-corrected chi connectivity index (χ3v) is 10.3. The topological polar surface area (TPSA) is 144 Å². The third-order valence-electron chi connectivity index (χ3n) is 7.01. The number of nitrogens with one attached hydrogen (secondary N) is 2. The van der Waals surface area contributed by atoms with Gasteiger partial charge < -0.3 is 24.6 Å². The summed E-state index contributed by atoms with van der Waals surface area (Å²) in [6, 6.07) is 9.96. The molecule has 2 heterocycles. The Bertz CT molecular complexity index is 1400. The number of hydrogen-bond acceptors (Lipinski definition) is 9. The average Bonchev–Trinajstić information content (AvgIpc) is 3.32. The fourth-order valence-electron chi connectivity index (χ4n) is 4.82. The van der Waals surface area contributed by atoms with Crippen LogP contribution in [0.4, 0.5) is 13.2 Å². The summed E-state index contributed by atoms with van der Waals surface area (Å²) in [5.74, 6) is -0.200. The quantitative estimate of drug-likeness (QED) is 0.342. The van der Waals surface area contributed by atoms with Crippen molar-refractivity contribution in [2.75, 3.05) is 39.9 Å². The summed E-state index contributed by atoms with van der Waals surface area (Å²) in [4.78, 5) is -0.0766. The summed E-state index contributed by atoms with van der Waals surface area (Å²) in [6.07, 6.45) is -4.25. The highest BCUT2D eigenvalue weighted by atomic mass is 32.2. The van der Waals surface area contributed by atoms with E-state index in [9.17, 15) is 35.1 Å². The average molecular weight is 624 g/mol. The third kappa shape index (κ3) is 8.09. The number of ether oxygens (including phenoxy) is 3. The monoisotopic (exact) mass is 623 g/mol. The van der Waals surface area contributed by atoms with E-state index in [1.807, 2.05) is 0 Å². The number of nitrogens with zero attached hydrogens (tertiary/aromatic N) is 1. The first-order valence-electron chi connectivity index (χ1n) is 12.8. The van der Waals surface area contributed by atoms with Gasteiger partial charge in [0.25, 0.3) is 0 Å². The molecule has 41 heavy (non-hydrogen) atoms. The number of alkyl halides is 3. The van der Waals surface area contributed by atoms with Crippen LogP contribution >= 0.6 is 0 Å². The molecule has 2 atom stereocenters. The maximum Gasteiger partial charge on any atom is 0.573 e. The van der Waals surface area contributed by atoms with Crippen molar-refractivity contribution in [2.45, 2.75) is 53.2 Å². The summed E-state index contributed by atoms with van der Waals surface area (Å²) in [5, 5.41) is 13.6. The molecule has 0 aromatic heterocycles. The Morgan fingerprint density at radius 2 is 1.76 bits per heavy atom. The van der Waals surface area contributed by atoms with E-state index in [1.54, 1.807) is 12.1 Å². The SMILES string of the molecule is CNS(=O)(=O)c1cccc(OC[C@@H](O)CNC2COC3(CCN(S(=O)(=O)c4ccc(OC(F)(F)F)cc4)CC3)C2)c1. The van der Waals surface area contributed by atoms with Crippen molar-refractivity contribution in [3.8, 4) is 11.5 Å². The second kappa shape index (κ2) is 12.4. The molecule has 4 rings (SSSR count). The summed E-state index contributed by atoms with van der Waals surface area (Å²) in [6.45, 7) is 0.895. The van der Waals surface area contributed by atoms with Crippen molar-refractivity contribution in [3.63, 3.8) is 0 Å². The molecule has 2 aromatic rings. The zero-order valence-electron chi connectivity index (χ0n) is 22.1. The molecule has 0 saturated carbocycles. The van der Waals surface area contributed by atoms with Gasteiger partial charge in [-0.2, -0.15) is 4.31 Å². The highest BCUT2D eigenvalue weighted by Gasteiger charge is 2.44. The normalized spacial score (nSPS) is 20.7. The van der Waals surface area contributed by atoms with Crippen LogP contribution in [0.2, 0.25) is 0 Å². The number of benzene rings is 2. The summed E-state index contributed by atoms with van der Waals surface area (Å²) >= 11 is 0. The van der Waals surface area contributed by atoms with Gasteiger partial charge in [0, 0.05) is 31.7 Å². The molecule has 2 fully saturated rings. The zero-order valence-corrected chi connectivity index (χ0v) is 23.8. The molecule has 3 N–H and O–H groups in total. The number of halogens is 3. The second-order valence-electron chi connectivity index (χ2n) is 9.87. The van der Waals surface area contributed by atoms with Crippen LogP contribution in [0.1, 0.15) is 19.3 Å². The Morgan fingerprint density at radius 3 is 2.39 bits per heavy atom. The Labute approximate surface area is 236 Å². The minimum absolute atomic E-state index is 0.0470. The molecule has 0 amide bonds. The molecule has 2 saturated heterocycles. The molecular weight excluding hydrogens is 591 g/mol. The summed E-state index contributed by atoms with van der Waals surface area (Å²) in [5.41, 5.74) is -0.519. The first kappa shape index (κ1) is 31.5. The Balaban J connectivity index is 1.22. The zero-order chi connectivity index (χ0) is 29.9. The summed E-state index contributed by atoms with van der Waals surface area (Å²) in [7, 11) is -6.22. The number of rotatable bonds is 11. The molecule has 0 bridgehead atoms. The van der Waals surface area contributed by atoms with Gasteiger partial charge >= 0.3 is 6.36 Å². The van der Waals surface area contributed by atoms with Gasteiger partial charge in [-0.3, -0.25) is 0 Å². The van der Waals surface area contributed by atoms with Crippen LogP contribution in [0.25, 0.3) is 0 Å². The molecule has 0 radical (unpaired) electrons. The minimum Gasteiger partial charge on any atom is -0.491 e. The van der Waals surface area contributed by atoms with Gasteiger partial charge in [-0.1, -0.05) is 6.07 Å². The van der Waals surface area contributed by atoms with E-state index in [0.29, 0.717) is 31.6 Å². The highest BCUT2D eigenvalue weighted by Crippen LogP contribution is 2.37. The van der Waals surface area contributed by atoms with Gasteiger partial charge in [0.2, 0.25) is 20.0 Å². The number of piperidine rings is 1.